The number of nitrogens with zero attached hydrogens (tertiary/aromatic N) is 1. The van der Waals surface area contributed by atoms with Crippen LogP contribution in [0.3, 0.4) is 0 Å². The zero-order valence-electron chi connectivity index (χ0n) is 14.1. The van der Waals surface area contributed by atoms with Gasteiger partial charge < -0.3 is 10.1 Å². The van der Waals surface area contributed by atoms with Crippen molar-refractivity contribution in [2.24, 2.45) is 5.92 Å². The van der Waals surface area contributed by atoms with Crippen molar-refractivity contribution >= 4 is 0 Å². The van der Waals surface area contributed by atoms with Gasteiger partial charge in [-0.25, -0.2) is 0 Å². The van der Waals surface area contributed by atoms with Gasteiger partial charge in [0.2, 0.25) is 0 Å². The first-order chi connectivity index (χ1) is 9.96. The van der Waals surface area contributed by atoms with Crippen molar-refractivity contribution in [3.8, 4) is 5.75 Å². The summed E-state index contributed by atoms with van der Waals surface area (Å²) in [7, 11) is 1.76. The van der Waals surface area contributed by atoms with Gasteiger partial charge in [0.1, 0.15) is 5.75 Å². The first kappa shape index (κ1) is 16.3. The minimum atomic E-state index is 0.173. The van der Waals surface area contributed by atoms with Gasteiger partial charge in [0.25, 0.3) is 0 Å². The van der Waals surface area contributed by atoms with Crippen molar-refractivity contribution in [1.29, 1.82) is 0 Å². The fourth-order valence-electron chi connectivity index (χ4n) is 3.25. The third-order valence-corrected chi connectivity index (χ3v) is 4.72. The van der Waals surface area contributed by atoms with E-state index in [0.717, 1.165) is 25.4 Å². The molecule has 3 nitrogen and oxygen atoms in total. The van der Waals surface area contributed by atoms with E-state index in [1.807, 2.05) is 6.07 Å². The van der Waals surface area contributed by atoms with Crippen LogP contribution in [0.4, 0.5) is 0 Å². The Bertz CT molecular complexity index is 458. The molecule has 2 unspecified atom stereocenters. The maximum absolute atomic E-state index is 5.52. The maximum atomic E-state index is 5.52. The Morgan fingerprint density at radius 2 is 2.10 bits per heavy atom. The standard InChI is InChI=1S/C18H30N2O/c1-6-14(2)16-11-19-18(3,4)13-20(16)12-15-9-7-8-10-17(15)21-5/h7-10,14,16,19H,6,11-13H2,1-5H3. The normalized spacial score (nSPS) is 23.8. The minimum absolute atomic E-state index is 0.173. The van der Waals surface area contributed by atoms with Gasteiger partial charge in [-0.15, -0.1) is 0 Å². The predicted molar refractivity (Wildman–Crippen MR) is 88.7 cm³/mol. The third kappa shape index (κ3) is 3.98. The van der Waals surface area contributed by atoms with Gasteiger partial charge in [-0.1, -0.05) is 38.5 Å². The van der Waals surface area contributed by atoms with E-state index >= 15 is 0 Å². The van der Waals surface area contributed by atoms with Gasteiger partial charge in [0.15, 0.2) is 0 Å². The van der Waals surface area contributed by atoms with Gasteiger partial charge in [0.05, 0.1) is 7.11 Å². The molecule has 1 fully saturated rings. The molecule has 0 aromatic heterocycles. The number of piperazine rings is 1. The SMILES string of the molecule is CCC(C)C1CNC(C)(C)CN1Cc1ccccc1OC. The first-order valence-electron chi connectivity index (χ1n) is 8.08. The summed E-state index contributed by atoms with van der Waals surface area (Å²) in [5.74, 6) is 1.69. The molecular weight excluding hydrogens is 260 g/mol. The van der Waals surface area contributed by atoms with E-state index in [0.29, 0.717) is 12.0 Å². The lowest BCUT2D eigenvalue weighted by Crippen LogP contribution is -2.62. The van der Waals surface area contributed by atoms with E-state index in [1.165, 1.54) is 12.0 Å². The summed E-state index contributed by atoms with van der Waals surface area (Å²) < 4.78 is 5.52. The lowest BCUT2D eigenvalue weighted by Gasteiger charge is -2.47. The average Bonchev–Trinajstić information content (AvgIpc) is 2.46. The van der Waals surface area contributed by atoms with Gasteiger partial charge in [-0.05, 0) is 25.8 Å². The van der Waals surface area contributed by atoms with Crippen LogP contribution in [-0.2, 0) is 6.54 Å². The van der Waals surface area contributed by atoms with E-state index in [1.54, 1.807) is 7.11 Å². The van der Waals surface area contributed by atoms with E-state index < -0.39 is 0 Å². The molecule has 0 saturated carbocycles. The van der Waals surface area contributed by atoms with Crippen LogP contribution >= 0.6 is 0 Å². The van der Waals surface area contributed by atoms with E-state index in [4.69, 9.17) is 4.74 Å². The quantitative estimate of drug-likeness (QED) is 0.900. The molecule has 0 bridgehead atoms. The Labute approximate surface area is 129 Å². The number of para-hydroxylation sites is 1. The van der Waals surface area contributed by atoms with Crippen molar-refractivity contribution < 1.29 is 4.74 Å². The van der Waals surface area contributed by atoms with Crippen LogP contribution in [0.1, 0.15) is 39.7 Å². The molecule has 0 spiro atoms. The van der Waals surface area contributed by atoms with Crippen LogP contribution in [-0.4, -0.2) is 36.7 Å². The Morgan fingerprint density at radius 3 is 2.76 bits per heavy atom. The molecule has 2 atom stereocenters. The molecule has 1 saturated heterocycles. The van der Waals surface area contributed by atoms with E-state index in [-0.39, 0.29) is 5.54 Å². The largest absolute Gasteiger partial charge is 0.496 e. The highest BCUT2D eigenvalue weighted by Gasteiger charge is 2.34. The van der Waals surface area contributed by atoms with Crippen LogP contribution in [0.25, 0.3) is 0 Å². The molecule has 0 radical (unpaired) electrons. The summed E-state index contributed by atoms with van der Waals surface area (Å²) in [6.45, 7) is 12.3. The van der Waals surface area contributed by atoms with Crippen LogP contribution in [0.15, 0.2) is 24.3 Å². The molecule has 0 amide bonds. The summed E-state index contributed by atoms with van der Waals surface area (Å²) in [5.41, 5.74) is 1.46. The molecule has 21 heavy (non-hydrogen) atoms. The average molecular weight is 290 g/mol. The molecule has 1 heterocycles. The molecule has 1 aliphatic heterocycles. The number of benzene rings is 1. The third-order valence-electron chi connectivity index (χ3n) is 4.72. The second kappa shape index (κ2) is 6.80. The highest BCUT2D eigenvalue weighted by atomic mass is 16.5. The highest BCUT2D eigenvalue weighted by Crippen LogP contribution is 2.27. The number of nitrogens with one attached hydrogen (secondary N) is 1. The Kier molecular flexibility index (Phi) is 5.28. The number of ether oxygens (including phenoxy) is 1. The molecule has 1 aromatic rings. The minimum Gasteiger partial charge on any atom is -0.496 e. The van der Waals surface area contributed by atoms with Crippen LogP contribution in [0.5, 0.6) is 5.75 Å². The van der Waals surface area contributed by atoms with Crippen LogP contribution in [0, 0.1) is 5.92 Å². The number of methoxy groups -OCH3 is 1. The second-order valence-corrected chi connectivity index (χ2v) is 6.93. The Balaban J connectivity index is 2.19. The second-order valence-electron chi connectivity index (χ2n) is 6.93. The van der Waals surface area contributed by atoms with Gasteiger partial charge >= 0.3 is 0 Å². The Hall–Kier alpha value is -1.06. The van der Waals surface area contributed by atoms with Crippen molar-refractivity contribution in [2.45, 2.75) is 52.2 Å². The zero-order valence-corrected chi connectivity index (χ0v) is 14.1. The molecular formula is C18H30N2O. The fraction of sp³-hybridized carbons (Fsp3) is 0.667. The summed E-state index contributed by atoms with van der Waals surface area (Å²) in [6, 6.07) is 8.97. The van der Waals surface area contributed by atoms with Gasteiger partial charge in [-0.3, -0.25) is 4.90 Å². The number of hydrogen-bond donors (Lipinski definition) is 1. The van der Waals surface area contributed by atoms with E-state index in [9.17, 15) is 0 Å². The fourth-order valence-corrected chi connectivity index (χ4v) is 3.25. The topological polar surface area (TPSA) is 24.5 Å². The number of hydrogen-bond acceptors (Lipinski definition) is 3. The predicted octanol–water partition coefficient (Wildman–Crippen LogP) is 3.29. The van der Waals surface area contributed by atoms with E-state index in [2.05, 4.69) is 56.1 Å². The first-order valence-corrected chi connectivity index (χ1v) is 8.08. The number of rotatable bonds is 5. The monoisotopic (exact) mass is 290 g/mol. The maximum Gasteiger partial charge on any atom is 0.123 e. The van der Waals surface area contributed by atoms with Crippen molar-refractivity contribution in [1.82, 2.24) is 10.2 Å². The molecule has 1 N–H and O–H groups in total. The van der Waals surface area contributed by atoms with Gasteiger partial charge in [-0.2, -0.15) is 0 Å². The molecule has 2 rings (SSSR count). The summed E-state index contributed by atoms with van der Waals surface area (Å²) in [5, 5.41) is 3.70. The van der Waals surface area contributed by atoms with Crippen molar-refractivity contribution in [3.63, 3.8) is 0 Å². The Morgan fingerprint density at radius 1 is 1.38 bits per heavy atom. The summed E-state index contributed by atoms with van der Waals surface area (Å²) in [4.78, 5) is 2.63. The highest BCUT2D eigenvalue weighted by molar-refractivity contribution is 5.33. The molecule has 118 valence electrons. The smallest absolute Gasteiger partial charge is 0.123 e. The molecule has 1 aromatic carbocycles. The van der Waals surface area contributed by atoms with Crippen LogP contribution < -0.4 is 10.1 Å². The lowest BCUT2D eigenvalue weighted by atomic mass is 9.90. The van der Waals surface area contributed by atoms with Crippen LogP contribution in [0.2, 0.25) is 0 Å². The molecule has 3 heteroatoms. The summed E-state index contributed by atoms with van der Waals surface area (Å²) in [6.07, 6.45) is 1.22. The summed E-state index contributed by atoms with van der Waals surface area (Å²) >= 11 is 0. The molecule has 0 aliphatic carbocycles. The van der Waals surface area contributed by atoms with Gasteiger partial charge in [0, 0.05) is 36.8 Å². The van der Waals surface area contributed by atoms with Crippen molar-refractivity contribution in [2.75, 3.05) is 20.2 Å². The lowest BCUT2D eigenvalue weighted by molar-refractivity contribution is 0.0565. The van der Waals surface area contributed by atoms with Crippen molar-refractivity contribution in [3.05, 3.63) is 29.8 Å². The zero-order chi connectivity index (χ0) is 15.5. The molecule has 1 aliphatic rings.